The van der Waals surface area contributed by atoms with Gasteiger partial charge in [0, 0.05) is 0 Å². The van der Waals surface area contributed by atoms with E-state index in [-0.39, 0.29) is 5.60 Å². The van der Waals surface area contributed by atoms with Gasteiger partial charge in [0.25, 0.3) is 0 Å². The molecular weight excluding hydrogens is 200 g/mol. The van der Waals surface area contributed by atoms with Gasteiger partial charge in [0.05, 0.1) is 6.10 Å². The van der Waals surface area contributed by atoms with Gasteiger partial charge in [-0.3, -0.25) is 0 Å². The molecule has 2 nitrogen and oxygen atoms in total. The smallest absolute Gasteiger partial charge is 0.104 e. The first kappa shape index (κ1) is 11.0. The summed E-state index contributed by atoms with van der Waals surface area (Å²) in [6, 6.07) is 0. The van der Waals surface area contributed by atoms with Gasteiger partial charge in [-0.05, 0) is 37.5 Å². The van der Waals surface area contributed by atoms with Crippen LogP contribution in [0.15, 0.2) is 0 Å². The fourth-order valence-electron chi connectivity index (χ4n) is 4.12. The third-order valence-electron chi connectivity index (χ3n) is 5.07. The first-order chi connectivity index (χ1) is 7.73. The van der Waals surface area contributed by atoms with Crippen LogP contribution in [0.4, 0.5) is 0 Å². The van der Waals surface area contributed by atoms with E-state index in [1.165, 1.54) is 64.2 Å². The second-order valence-electron chi connectivity index (χ2n) is 6.49. The molecule has 1 saturated heterocycles. The van der Waals surface area contributed by atoms with Gasteiger partial charge in [0.15, 0.2) is 0 Å². The van der Waals surface area contributed by atoms with E-state index in [1.807, 2.05) is 0 Å². The van der Waals surface area contributed by atoms with Gasteiger partial charge in [0.1, 0.15) is 5.60 Å². The average Bonchev–Trinajstić information content (AvgIpc) is 2.29. The minimum atomic E-state index is 0.0842. The third kappa shape index (κ3) is 1.80. The van der Waals surface area contributed by atoms with Crippen LogP contribution in [0.5, 0.6) is 0 Å². The lowest BCUT2D eigenvalue weighted by molar-refractivity contribution is -0.443. The Bertz CT molecular complexity index is 252. The van der Waals surface area contributed by atoms with E-state index < -0.39 is 0 Å². The zero-order chi connectivity index (χ0) is 11.1. The minimum Gasteiger partial charge on any atom is -0.232 e. The summed E-state index contributed by atoms with van der Waals surface area (Å²) in [5.74, 6) is 0. The molecule has 16 heavy (non-hydrogen) atoms. The Hall–Kier alpha value is -0.0800. The van der Waals surface area contributed by atoms with Gasteiger partial charge in [0.2, 0.25) is 0 Å². The molecule has 2 heteroatoms. The highest BCUT2D eigenvalue weighted by atomic mass is 17.2. The first-order valence-corrected chi connectivity index (χ1v) is 7.07. The SMILES string of the molecule is CC12CCCCC1OOC1(CCCCC1)C2. The molecule has 2 atom stereocenters. The Labute approximate surface area is 98.6 Å². The van der Waals surface area contributed by atoms with Crippen LogP contribution in [0.2, 0.25) is 0 Å². The zero-order valence-corrected chi connectivity index (χ0v) is 10.5. The molecule has 1 aliphatic heterocycles. The molecule has 3 rings (SSSR count). The van der Waals surface area contributed by atoms with Crippen molar-refractivity contribution in [3.63, 3.8) is 0 Å². The van der Waals surface area contributed by atoms with Crippen LogP contribution in [-0.4, -0.2) is 11.7 Å². The molecule has 1 heterocycles. The molecule has 2 saturated carbocycles. The van der Waals surface area contributed by atoms with E-state index in [1.54, 1.807) is 0 Å². The Morgan fingerprint density at radius 3 is 2.50 bits per heavy atom. The molecule has 0 amide bonds. The Morgan fingerprint density at radius 1 is 0.938 bits per heavy atom. The van der Waals surface area contributed by atoms with Crippen molar-refractivity contribution in [2.45, 2.75) is 82.8 Å². The van der Waals surface area contributed by atoms with Crippen molar-refractivity contribution in [2.75, 3.05) is 0 Å². The molecular formula is C14H24O2. The summed E-state index contributed by atoms with van der Waals surface area (Å²) in [5.41, 5.74) is 0.481. The number of rotatable bonds is 0. The van der Waals surface area contributed by atoms with Crippen LogP contribution in [0.3, 0.4) is 0 Å². The van der Waals surface area contributed by atoms with Crippen molar-refractivity contribution < 1.29 is 9.78 Å². The maximum Gasteiger partial charge on any atom is 0.104 e. The monoisotopic (exact) mass is 224 g/mol. The number of hydrogen-bond acceptors (Lipinski definition) is 2. The van der Waals surface area contributed by atoms with Crippen LogP contribution in [0, 0.1) is 5.41 Å². The van der Waals surface area contributed by atoms with Crippen LogP contribution in [-0.2, 0) is 9.78 Å². The van der Waals surface area contributed by atoms with E-state index in [0.717, 1.165) is 0 Å². The summed E-state index contributed by atoms with van der Waals surface area (Å²) in [6.45, 7) is 2.43. The van der Waals surface area contributed by atoms with Crippen LogP contribution in [0.25, 0.3) is 0 Å². The molecule has 0 aromatic rings. The van der Waals surface area contributed by atoms with E-state index in [2.05, 4.69) is 6.92 Å². The molecule has 0 radical (unpaired) electrons. The van der Waals surface area contributed by atoms with Crippen molar-refractivity contribution in [3.05, 3.63) is 0 Å². The van der Waals surface area contributed by atoms with Crippen molar-refractivity contribution in [2.24, 2.45) is 5.41 Å². The van der Waals surface area contributed by atoms with Gasteiger partial charge in [-0.1, -0.05) is 39.0 Å². The van der Waals surface area contributed by atoms with Gasteiger partial charge in [-0.25, -0.2) is 9.78 Å². The molecule has 0 bridgehead atoms. The van der Waals surface area contributed by atoms with Crippen molar-refractivity contribution in [1.82, 2.24) is 0 Å². The predicted octanol–water partition coefficient (Wildman–Crippen LogP) is 3.99. The van der Waals surface area contributed by atoms with E-state index >= 15 is 0 Å². The minimum absolute atomic E-state index is 0.0842. The second-order valence-corrected chi connectivity index (χ2v) is 6.49. The average molecular weight is 224 g/mol. The van der Waals surface area contributed by atoms with Crippen molar-refractivity contribution in [3.8, 4) is 0 Å². The highest BCUT2D eigenvalue weighted by molar-refractivity contribution is 4.97. The lowest BCUT2D eigenvalue weighted by Crippen LogP contribution is -2.52. The largest absolute Gasteiger partial charge is 0.232 e. The second kappa shape index (κ2) is 3.99. The maximum atomic E-state index is 5.84. The van der Waals surface area contributed by atoms with E-state index in [9.17, 15) is 0 Å². The lowest BCUT2D eigenvalue weighted by Gasteiger charge is -2.52. The Kier molecular flexibility index (Phi) is 2.75. The third-order valence-corrected chi connectivity index (χ3v) is 5.07. The molecule has 3 aliphatic rings. The predicted molar refractivity (Wildman–Crippen MR) is 63.0 cm³/mol. The number of hydrogen-bond donors (Lipinski definition) is 0. The van der Waals surface area contributed by atoms with Gasteiger partial charge >= 0.3 is 0 Å². The molecule has 92 valence electrons. The molecule has 3 fully saturated rings. The van der Waals surface area contributed by atoms with E-state index in [0.29, 0.717) is 11.5 Å². The first-order valence-electron chi connectivity index (χ1n) is 7.07. The summed E-state index contributed by atoms with van der Waals surface area (Å²) in [5, 5.41) is 0. The normalized spacial score (nSPS) is 42.9. The summed E-state index contributed by atoms with van der Waals surface area (Å²) < 4.78 is 0. The zero-order valence-electron chi connectivity index (χ0n) is 10.5. The lowest BCUT2D eigenvalue weighted by atomic mass is 9.64. The van der Waals surface area contributed by atoms with Crippen LogP contribution < -0.4 is 0 Å². The Balaban J connectivity index is 1.76. The number of fused-ring (bicyclic) bond motifs is 1. The molecule has 2 aliphatic carbocycles. The highest BCUT2D eigenvalue weighted by Gasteiger charge is 2.51. The fraction of sp³-hybridized carbons (Fsp3) is 1.00. The topological polar surface area (TPSA) is 18.5 Å². The van der Waals surface area contributed by atoms with Crippen LogP contribution >= 0.6 is 0 Å². The van der Waals surface area contributed by atoms with Crippen molar-refractivity contribution in [1.29, 1.82) is 0 Å². The van der Waals surface area contributed by atoms with Crippen molar-refractivity contribution >= 4 is 0 Å². The molecule has 0 aromatic heterocycles. The molecule has 0 N–H and O–H groups in total. The summed E-state index contributed by atoms with van der Waals surface area (Å²) >= 11 is 0. The summed E-state index contributed by atoms with van der Waals surface area (Å²) in [7, 11) is 0. The molecule has 0 aromatic carbocycles. The Morgan fingerprint density at radius 2 is 1.69 bits per heavy atom. The molecule has 1 spiro atoms. The maximum absolute atomic E-state index is 5.84. The van der Waals surface area contributed by atoms with Gasteiger partial charge < -0.3 is 0 Å². The van der Waals surface area contributed by atoms with E-state index in [4.69, 9.17) is 9.78 Å². The van der Waals surface area contributed by atoms with Crippen LogP contribution in [0.1, 0.15) is 71.1 Å². The quantitative estimate of drug-likeness (QED) is 0.579. The van der Waals surface area contributed by atoms with Gasteiger partial charge in [-0.15, -0.1) is 0 Å². The fourth-order valence-corrected chi connectivity index (χ4v) is 4.12. The summed E-state index contributed by atoms with van der Waals surface area (Å²) in [6.07, 6.45) is 13.3. The standard InChI is InChI=1S/C14H24O2/c1-13-8-6-3-7-12(13)15-16-14(11-13)9-4-2-5-10-14/h12H,2-11H2,1H3. The van der Waals surface area contributed by atoms with Gasteiger partial charge in [-0.2, -0.15) is 0 Å². The highest BCUT2D eigenvalue weighted by Crippen LogP contribution is 2.52. The summed E-state index contributed by atoms with van der Waals surface area (Å²) in [4.78, 5) is 11.6. The molecule has 2 unspecified atom stereocenters.